The predicted octanol–water partition coefficient (Wildman–Crippen LogP) is 3.85. The summed E-state index contributed by atoms with van der Waals surface area (Å²) in [7, 11) is 1.89. The van der Waals surface area contributed by atoms with Crippen LogP contribution in [0.1, 0.15) is 31.6 Å². The normalized spacial score (nSPS) is 18.2. The van der Waals surface area contributed by atoms with Gasteiger partial charge in [-0.05, 0) is 42.5 Å². The van der Waals surface area contributed by atoms with Crippen LogP contribution >= 0.6 is 35.3 Å². The smallest absolute Gasteiger partial charge is 0.193 e. The van der Waals surface area contributed by atoms with Crippen molar-refractivity contribution in [2.75, 3.05) is 26.7 Å². The highest BCUT2D eigenvalue weighted by molar-refractivity contribution is 14.0. The average Bonchev–Trinajstić information content (AvgIpc) is 2.94. The van der Waals surface area contributed by atoms with Crippen molar-refractivity contribution in [2.24, 2.45) is 16.8 Å². The first-order chi connectivity index (χ1) is 9.69. The fourth-order valence-corrected chi connectivity index (χ4v) is 3.53. The van der Waals surface area contributed by atoms with Gasteiger partial charge in [-0.25, -0.2) is 0 Å². The molecule has 2 rings (SSSR count). The maximum Gasteiger partial charge on any atom is 0.193 e. The number of nitrogens with zero attached hydrogens (tertiary/aromatic N) is 2. The van der Waals surface area contributed by atoms with Crippen molar-refractivity contribution in [2.45, 2.75) is 33.1 Å². The lowest BCUT2D eigenvalue weighted by Gasteiger charge is -2.33. The number of aliphatic imine (C=N–C) groups is 1. The van der Waals surface area contributed by atoms with Gasteiger partial charge in [0.1, 0.15) is 0 Å². The van der Waals surface area contributed by atoms with Gasteiger partial charge in [-0.1, -0.05) is 19.9 Å². The molecule has 1 unspecified atom stereocenters. The van der Waals surface area contributed by atoms with Crippen LogP contribution in [-0.2, 0) is 6.42 Å². The van der Waals surface area contributed by atoms with Crippen LogP contribution in [0.3, 0.4) is 0 Å². The molecule has 1 N–H and O–H groups in total. The second-order valence-electron chi connectivity index (χ2n) is 5.99. The molecular weight excluding hydrogens is 393 g/mol. The number of piperidine rings is 1. The number of guanidine groups is 1. The van der Waals surface area contributed by atoms with Gasteiger partial charge in [0.15, 0.2) is 5.96 Å². The Morgan fingerprint density at radius 1 is 1.48 bits per heavy atom. The molecule has 0 saturated carbocycles. The molecule has 1 fully saturated rings. The van der Waals surface area contributed by atoms with E-state index in [1.165, 1.54) is 17.7 Å². The highest BCUT2D eigenvalue weighted by atomic mass is 127. The van der Waals surface area contributed by atoms with E-state index in [1.807, 2.05) is 18.4 Å². The highest BCUT2D eigenvalue weighted by Gasteiger charge is 2.18. The van der Waals surface area contributed by atoms with Crippen molar-refractivity contribution in [3.05, 3.63) is 22.4 Å². The Morgan fingerprint density at radius 3 is 2.76 bits per heavy atom. The standard InChI is InChI=1S/C16H27N3S.HI/c1-13-6-8-19(9-7-13)16(17-3)18-12-14(2)11-15-5-4-10-20-15;/h4-5,10,13-14H,6-9,11-12H2,1-3H3,(H,17,18);1H. The Hall–Kier alpha value is -0.300. The van der Waals surface area contributed by atoms with E-state index >= 15 is 0 Å². The minimum absolute atomic E-state index is 0. The van der Waals surface area contributed by atoms with Crippen molar-refractivity contribution in [3.8, 4) is 0 Å². The van der Waals surface area contributed by atoms with Gasteiger partial charge in [0.05, 0.1) is 0 Å². The van der Waals surface area contributed by atoms with Crippen molar-refractivity contribution < 1.29 is 0 Å². The number of halogens is 1. The van der Waals surface area contributed by atoms with Crippen LogP contribution in [0.2, 0.25) is 0 Å². The van der Waals surface area contributed by atoms with E-state index in [4.69, 9.17) is 0 Å². The fourth-order valence-electron chi connectivity index (χ4n) is 2.66. The number of hydrogen-bond acceptors (Lipinski definition) is 2. The monoisotopic (exact) mass is 421 g/mol. The van der Waals surface area contributed by atoms with E-state index in [-0.39, 0.29) is 24.0 Å². The Morgan fingerprint density at radius 2 is 2.19 bits per heavy atom. The average molecular weight is 421 g/mol. The molecule has 0 radical (unpaired) electrons. The van der Waals surface area contributed by atoms with Crippen molar-refractivity contribution in [3.63, 3.8) is 0 Å². The van der Waals surface area contributed by atoms with Crippen LogP contribution in [0.4, 0.5) is 0 Å². The molecule has 3 nitrogen and oxygen atoms in total. The zero-order valence-electron chi connectivity index (χ0n) is 13.3. The lowest BCUT2D eigenvalue weighted by molar-refractivity contribution is 0.272. The summed E-state index contributed by atoms with van der Waals surface area (Å²) in [6.07, 6.45) is 3.72. The third-order valence-electron chi connectivity index (χ3n) is 4.03. The third kappa shape index (κ3) is 6.14. The Balaban J connectivity index is 0.00000220. The van der Waals surface area contributed by atoms with Crippen LogP contribution < -0.4 is 5.32 Å². The van der Waals surface area contributed by atoms with E-state index in [0.717, 1.165) is 37.9 Å². The zero-order valence-corrected chi connectivity index (χ0v) is 16.5. The SMILES string of the molecule is CN=C(NCC(C)Cc1cccs1)N1CCC(C)CC1.I. The minimum Gasteiger partial charge on any atom is -0.356 e. The minimum atomic E-state index is 0. The van der Waals surface area contributed by atoms with E-state index in [9.17, 15) is 0 Å². The van der Waals surface area contributed by atoms with E-state index in [0.29, 0.717) is 5.92 Å². The van der Waals surface area contributed by atoms with Gasteiger partial charge in [0.2, 0.25) is 0 Å². The van der Waals surface area contributed by atoms with E-state index < -0.39 is 0 Å². The van der Waals surface area contributed by atoms with Crippen LogP contribution in [0, 0.1) is 11.8 Å². The molecule has 0 aliphatic carbocycles. The molecule has 0 aromatic carbocycles. The molecule has 2 heterocycles. The second-order valence-corrected chi connectivity index (χ2v) is 7.02. The first-order valence-electron chi connectivity index (χ1n) is 7.67. The van der Waals surface area contributed by atoms with Crippen LogP contribution in [-0.4, -0.2) is 37.5 Å². The third-order valence-corrected chi connectivity index (χ3v) is 4.93. The number of likely N-dealkylation sites (tertiary alicyclic amines) is 1. The number of hydrogen-bond donors (Lipinski definition) is 1. The van der Waals surface area contributed by atoms with Crippen molar-refractivity contribution in [1.82, 2.24) is 10.2 Å². The van der Waals surface area contributed by atoms with E-state index in [2.05, 4.69) is 46.6 Å². The van der Waals surface area contributed by atoms with Gasteiger partial charge in [0, 0.05) is 31.6 Å². The summed E-state index contributed by atoms with van der Waals surface area (Å²) in [6, 6.07) is 4.36. The van der Waals surface area contributed by atoms with Gasteiger partial charge in [-0.2, -0.15) is 0 Å². The summed E-state index contributed by atoms with van der Waals surface area (Å²) >= 11 is 1.85. The molecule has 1 aromatic rings. The summed E-state index contributed by atoms with van der Waals surface area (Å²) in [6.45, 7) is 7.92. The van der Waals surface area contributed by atoms with Crippen LogP contribution in [0.25, 0.3) is 0 Å². The number of nitrogens with one attached hydrogen (secondary N) is 1. The molecule has 0 spiro atoms. The van der Waals surface area contributed by atoms with Gasteiger partial charge < -0.3 is 10.2 Å². The van der Waals surface area contributed by atoms with Crippen molar-refractivity contribution >= 4 is 41.3 Å². The number of thiophene rings is 1. The number of rotatable bonds is 4. The molecule has 120 valence electrons. The molecule has 1 aromatic heterocycles. The van der Waals surface area contributed by atoms with Crippen LogP contribution in [0.15, 0.2) is 22.5 Å². The lowest BCUT2D eigenvalue weighted by Crippen LogP contribution is -2.46. The van der Waals surface area contributed by atoms with Crippen LogP contribution in [0.5, 0.6) is 0 Å². The highest BCUT2D eigenvalue weighted by Crippen LogP contribution is 2.16. The van der Waals surface area contributed by atoms with Gasteiger partial charge in [-0.15, -0.1) is 35.3 Å². The first-order valence-corrected chi connectivity index (χ1v) is 8.55. The largest absolute Gasteiger partial charge is 0.356 e. The maximum atomic E-state index is 4.44. The molecule has 1 atom stereocenters. The molecule has 21 heavy (non-hydrogen) atoms. The molecule has 1 saturated heterocycles. The summed E-state index contributed by atoms with van der Waals surface area (Å²) in [5.74, 6) is 2.58. The maximum absolute atomic E-state index is 4.44. The summed E-state index contributed by atoms with van der Waals surface area (Å²) in [5.41, 5.74) is 0. The second kappa shape index (κ2) is 9.66. The summed E-state index contributed by atoms with van der Waals surface area (Å²) in [4.78, 5) is 8.31. The molecule has 0 bridgehead atoms. The Labute approximate surface area is 150 Å². The molecule has 5 heteroatoms. The van der Waals surface area contributed by atoms with Gasteiger partial charge in [0.25, 0.3) is 0 Å². The topological polar surface area (TPSA) is 27.6 Å². The fraction of sp³-hybridized carbons (Fsp3) is 0.688. The van der Waals surface area contributed by atoms with Crippen molar-refractivity contribution in [1.29, 1.82) is 0 Å². The van der Waals surface area contributed by atoms with Gasteiger partial charge >= 0.3 is 0 Å². The summed E-state index contributed by atoms with van der Waals surface area (Å²) in [5, 5.41) is 5.70. The van der Waals surface area contributed by atoms with Gasteiger partial charge in [-0.3, -0.25) is 4.99 Å². The quantitative estimate of drug-likeness (QED) is 0.454. The molecule has 0 amide bonds. The molecule has 1 aliphatic rings. The molecule has 1 aliphatic heterocycles. The van der Waals surface area contributed by atoms with E-state index in [1.54, 1.807) is 0 Å². The lowest BCUT2D eigenvalue weighted by atomic mass is 9.99. The first kappa shape index (κ1) is 18.7. The Bertz CT molecular complexity index is 411. The Kier molecular flexibility index (Phi) is 8.63. The summed E-state index contributed by atoms with van der Waals surface area (Å²) < 4.78 is 0. The zero-order chi connectivity index (χ0) is 14.4. The predicted molar refractivity (Wildman–Crippen MR) is 104 cm³/mol. The molecular formula is C16H28IN3S.